The first-order valence-corrected chi connectivity index (χ1v) is 10.5. The first-order valence-electron chi connectivity index (χ1n) is 1.97. The van der Waals surface area contributed by atoms with Gasteiger partial charge in [-0.25, -0.2) is 4.57 Å². The number of phosphoric acid groups is 1. The molecule has 0 aliphatic heterocycles. The van der Waals surface area contributed by atoms with Crippen LogP contribution in [0, 0.1) is 0 Å². The Hall–Kier alpha value is 0.607. The zero-order valence-electron chi connectivity index (χ0n) is 5.50. The van der Waals surface area contributed by atoms with Crippen LogP contribution in [0.15, 0.2) is 0 Å². The molecule has 0 aliphatic rings. The van der Waals surface area contributed by atoms with E-state index in [9.17, 15) is 13.6 Å². The molecular formula is H4MoO10PW. The molecule has 0 saturated heterocycles. The molecule has 4 N–H and O–H groups in total. The van der Waals surface area contributed by atoms with Crippen molar-refractivity contribution in [1.82, 2.24) is 0 Å². The van der Waals surface area contributed by atoms with E-state index in [1.807, 2.05) is 0 Å². The Morgan fingerprint density at radius 2 is 1.38 bits per heavy atom. The zero-order valence-corrected chi connectivity index (χ0v) is 11.3. The van der Waals surface area contributed by atoms with Crippen molar-refractivity contribution in [3.63, 3.8) is 0 Å². The maximum absolute atomic E-state index is 9.53. The predicted molar refractivity (Wildman–Crippen MR) is 20.3 cm³/mol. The Bertz CT molecular complexity index is 323. The third-order valence-corrected chi connectivity index (χ3v) is 6.85. The van der Waals surface area contributed by atoms with Crippen molar-refractivity contribution in [2.75, 3.05) is 0 Å². The minimum absolute atomic E-state index is 3.16. The number of rotatable bonds is 2. The molecule has 0 bridgehead atoms. The van der Waals surface area contributed by atoms with E-state index in [4.69, 9.17) is 23.0 Å². The van der Waals surface area contributed by atoms with Gasteiger partial charge in [-0.2, -0.15) is 0 Å². The summed E-state index contributed by atoms with van der Waals surface area (Å²) in [6.45, 7) is 0. The minimum atomic E-state index is -5.72. The number of hydrogen-bond donors (Lipinski definition) is 4. The van der Waals surface area contributed by atoms with E-state index in [0.717, 1.165) is 0 Å². The van der Waals surface area contributed by atoms with E-state index in [1.54, 1.807) is 0 Å². The van der Waals surface area contributed by atoms with Gasteiger partial charge in [-0.15, -0.1) is 0 Å². The SMILES string of the molecule is O=P(O)(O)O.[O]=[W](=[O])[O][Mo](=[O])(=[O])[OH]. The van der Waals surface area contributed by atoms with Crippen molar-refractivity contribution in [3.05, 3.63) is 0 Å². The van der Waals surface area contributed by atoms with Crippen LogP contribution in [0.2, 0.25) is 0 Å². The second-order valence-electron chi connectivity index (χ2n) is 1.21. The molecule has 0 rings (SSSR count). The molecular weight excluding hydrogens is 471 g/mol. The summed E-state index contributed by atoms with van der Waals surface area (Å²) in [5.74, 6) is 0. The third-order valence-electron chi connectivity index (χ3n) is 0.142. The summed E-state index contributed by atoms with van der Waals surface area (Å²) >= 11 is -10.3. The summed E-state index contributed by atoms with van der Waals surface area (Å²) in [7, 11) is -4.64. The van der Waals surface area contributed by atoms with Gasteiger partial charge in [0.2, 0.25) is 0 Å². The molecule has 0 heterocycles. The molecule has 0 aromatic carbocycles. The van der Waals surface area contributed by atoms with E-state index in [0.29, 0.717) is 0 Å². The van der Waals surface area contributed by atoms with Gasteiger partial charge in [-0.05, 0) is 0 Å². The van der Waals surface area contributed by atoms with Gasteiger partial charge in [0.15, 0.2) is 0 Å². The van der Waals surface area contributed by atoms with Crippen LogP contribution in [-0.4, -0.2) is 18.4 Å². The second-order valence-corrected chi connectivity index (χ2v) is 9.04. The van der Waals surface area contributed by atoms with Gasteiger partial charge in [-0.1, -0.05) is 0 Å². The molecule has 81 valence electrons. The maximum atomic E-state index is 9.53. The fourth-order valence-corrected chi connectivity index (χ4v) is 3.40. The van der Waals surface area contributed by atoms with Gasteiger partial charge in [0.25, 0.3) is 0 Å². The normalized spacial score (nSPS) is 11.4. The van der Waals surface area contributed by atoms with Crippen molar-refractivity contribution in [3.8, 4) is 0 Å². The van der Waals surface area contributed by atoms with Crippen LogP contribution in [0.4, 0.5) is 0 Å². The van der Waals surface area contributed by atoms with Crippen LogP contribution in [0.5, 0.6) is 0 Å². The summed E-state index contributed by atoms with van der Waals surface area (Å²) in [5.41, 5.74) is 0. The first kappa shape index (κ1) is 16.1. The molecule has 10 nitrogen and oxygen atoms in total. The molecule has 0 saturated carbocycles. The van der Waals surface area contributed by atoms with Crippen LogP contribution in [0.1, 0.15) is 0 Å². The summed E-state index contributed by atoms with van der Waals surface area (Å²) in [4.78, 5) is 21.6. The van der Waals surface area contributed by atoms with Crippen LogP contribution in [0.3, 0.4) is 0 Å². The summed E-state index contributed by atoms with van der Waals surface area (Å²) in [5, 5.41) is 0. The molecule has 0 spiro atoms. The van der Waals surface area contributed by atoms with Crippen LogP contribution >= 0.6 is 7.82 Å². The van der Waals surface area contributed by atoms with Crippen molar-refractivity contribution >= 4 is 7.82 Å². The molecule has 0 fully saturated rings. The Kier molecular flexibility index (Phi) is 7.60. The van der Waals surface area contributed by atoms with E-state index >= 15 is 0 Å². The van der Waals surface area contributed by atoms with E-state index in [1.165, 1.54) is 0 Å². The Morgan fingerprint density at radius 1 is 1.15 bits per heavy atom. The summed E-state index contributed by atoms with van der Waals surface area (Å²) in [6.07, 6.45) is 0. The average Bonchev–Trinajstić information content (AvgIpc) is 1.47. The molecule has 0 unspecified atom stereocenters. The van der Waals surface area contributed by atoms with Crippen LogP contribution < -0.4 is 0 Å². The molecule has 0 aliphatic carbocycles. The van der Waals surface area contributed by atoms with Crippen molar-refractivity contribution < 1.29 is 73.0 Å². The van der Waals surface area contributed by atoms with E-state index in [-0.39, 0.29) is 0 Å². The van der Waals surface area contributed by atoms with Gasteiger partial charge in [0, 0.05) is 0 Å². The third kappa shape index (κ3) is 45.1. The Labute approximate surface area is 80.7 Å². The quantitative estimate of drug-likeness (QED) is 0.258. The molecule has 0 radical (unpaired) electrons. The predicted octanol–water partition coefficient (Wildman–Crippen LogP) is -2.03. The fourth-order valence-electron chi connectivity index (χ4n) is 0.0702. The second kappa shape index (κ2) is 6.16. The standard InChI is InChI=1S/Mo.H3O4P.H2O.5O.W/c;1-5(2,3)4;;;;;;;/h;(H3,1,2,3,4);1H2;;;;;;/q+1;;;;;;;;/p-1. The van der Waals surface area contributed by atoms with E-state index < -0.39 is 42.2 Å². The molecule has 13 heteroatoms. The monoisotopic (exact) mass is 477 g/mol. The number of hydrogen-bond acceptors (Lipinski definition) is 6. The fraction of sp³-hybridized carbons (Fsp3) is 0. The molecule has 0 aromatic rings. The molecule has 0 atom stereocenters. The molecule has 0 amide bonds. The first-order chi connectivity index (χ1) is 5.42. The van der Waals surface area contributed by atoms with Crippen molar-refractivity contribution in [1.29, 1.82) is 0 Å². The van der Waals surface area contributed by atoms with Gasteiger partial charge in [0.05, 0.1) is 0 Å². The zero-order chi connectivity index (χ0) is 11.3. The van der Waals surface area contributed by atoms with Crippen molar-refractivity contribution in [2.45, 2.75) is 0 Å². The Balaban J connectivity index is 0. The van der Waals surface area contributed by atoms with Gasteiger partial charge in [-0.3, -0.25) is 0 Å². The van der Waals surface area contributed by atoms with Crippen LogP contribution in [0.25, 0.3) is 0 Å². The van der Waals surface area contributed by atoms with Gasteiger partial charge >= 0.3 is 61.6 Å². The molecule has 0 aromatic heterocycles. The average molecular weight is 475 g/mol. The molecule has 13 heavy (non-hydrogen) atoms. The Morgan fingerprint density at radius 3 is 1.38 bits per heavy atom. The van der Waals surface area contributed by atoms with Gasteiger partial charge < -0.3 is 14.7 Å². The summed E-state index contributed by atoms with van der Waals surface area (Å²) < 4.78 is 57.7. The topological polar surface area (TPSA) is 176 Å². The van der Waals surface area contributed by atoms with Crippen LogP contribution in [-0.2, 0) is 54.6 Å². The van der Waals surface area contributed by atoms with Crippen molar-refractivity contribution in [2.24, 2.45) is 0 Å². The van der Waals surface area contributed by atoms with Gasteiger partial charge in [0.1, 0.15) is 0 Å². The summed E-state index contributed by atoms with van der Waals surface area (Å²) in [6, 6.07) is 0. The van der Waals surface area contributed by atoms with E-state index in [2.05, 4.69) is 2.04 Å².